The molecule has 0 radical (unpaired) electrons. The third kappa shape index (κ3) is 1.29. The molecule has 2 nitrogen and oxygen atoms in total. The Kier molecular flexibility index (Phi) is 2.09. The van der Waals surface area contributed by atoms with Crippen LogP contribution >= 0.6 is 0 Å². The lowest BCUT2D eigenvalue weighted by Crippen LogP contribution is -2.33. The zero-order chi connectivity index (χ0) is 9.38. The predicted octanol–water partition coefficient (Wildman–Crippen LogP) is 2.42. The average molecular weight is 192 g/mol. The van der Waals surface area contributed by atoms with Gasteiger partial charge in [0.25, 0.3) is 0 Å². The van der Waals surface area contributed by atoms with Crippen LogP contribution in [-0.2, 0) is 9.47 Å². The molecule has 2 unspecified atom stereocenters. The number of ether oxygens (including phenoxy) is 2. The summed E-state index contributed by atoms with van der Waals surface area (Å²) in [6.07, 6.45) is 9.73. The van der Waals surface area contributed by atoms with Gasteiger partial charge in [0.2, 0.25) is 0 Å². The van der Waals surface area contributed by atoms with Gasteiger partial charge >= 0.3 is 0 Å². The van der Waals surface area contributed by atoms with Crippen molar-refractivity contribution in [2.75, 3.05) is 13.2 Å². The summed E-state index contributed by atoms with van der Waals surface area (Å²) in [6.45, 7) is 1.49. The van der Waals surface area contributed by atoms with Crippen LogP contribution in [0.3, 0.4) is 0 Å². The first-order valence-corrected chi connectivity index (χ1v) is 5.60. The second kappa shape index (κ2) is 3.43. The normalized spacial score (nSPS) is 36.0. The summed E-state index contributed by atoms with van der Waals surface area (Å²) in [5.74, 6) is 1.89. The standard InChI is InChI=1S/C12H16O2/c1-2-4-10-9(3-1)5-6-11-12(10)14-8-7-13-11/h2,4,9,11H,1,3,5-8H2. The van der Waals surface area contributed by atoms with E-state index in [1.807, 2.05) is 0 Å². The highest BCUT2D eigenvalue weighted by molar-refractivity contribution is 5.32. The van der Waals surface area contributed by atoms with E-state index in [1.165, 1.54) is 24.8 Å². The molecule has 1 heterocycles. The molecule has 0 aromatic carbocycles. The van der Waals surface area contributed by atoms with Gasteiger partial charge in [-0.25, -0.2) is 0 Å². The monoisotopic (exact) mass is 192 g/mol. The number of rotatable bonds is 0. The van der Waals surface area contributed by atoms with E-state index in [-0.39, 0.29) is 6.10 Å². The topological polar surface area (TPSA) is 18.5 Å². The average Bonchev–Trinajstić information content (AvgIpc) is 2.29. The van der Waals surface area contributed by atoms with Gasteiger partial charge in [0.1, 0.15) is 18.5 Å². The van der Waals surface area contributed by atoms with Crippen molar-refractivity contribution in [1.82, 2.24) is 0 Å². The molecule has 0 aromatic rings. The summed E-state index contributed by atoms with van der Waals surface area (Å²) in [7, 11) is 0. The van der Waals surface area contributed by atoms with Gasteiger partial charge < -0.3 is 9.47 Å². The fraction of sp³-hybridized carbons (Fsp3) is 0.667. The summed E-state index contributed by atoms with van der Waals surface area (Å²) in [5.41, 5.74) is 1.42. The van der Waals surface area contributed by atoms with E-state index in [2.05, 4.69) is 12.2 Å². The summed E-state index contributed by atoms with van der Waals surface area (Å²) >= 11 is 0. The zero-order valence-corrected chi connectivity index (χ0v) is 8.37. The van der Waals surface area contributed by atoms with Crippen LogP contribution in [0.25, 0.3) is 0 Å². The number of hydrogen-bond acceptors (Lipinski definition) is 2. The molecule has 14 heavy (non-hydrogen) atoms. The van der Waals surface area contributed by atoms with Crippen molar-refractivity contribution in [2.24, 2.45) is 5.92 Å². The molecule has 2 atom stereocenters. The minimum Gasteiger partial charge on any atom is -0.492 e. The van der Waals surface area contributed by atoms with Crippen LogP contribution in [0, 0.1) is 5.92 Å². The van der Waals surface area contributed by atoms with Crippen molar-refractivity contribution in [2.45, 2.75) is 31.8 Å². The SMILES string of the molecule is C1=CC2=C3OCCOC3CCC2CC1. The lowest BCUT2D eigenvalue weighted by Gasteiger charge is -2.36. The molecule has 2 heteroatoms. The quantitative estimate of drug-likeness (QED) is 0.587. The van der Waals surface area contributed by atoms with E-state index in [0.717, 1.165) is 31.3 Å². The van der Waals surface area contributed by atoms with Crippen LogP contribution in [-0.4, -0.2) is 19.3 Å². The van der Waals surface area contributed by atoms with Gasteiger partial charge in [-0.1, -0.05) is 12.2 Å². The van der Waals surface area contributed by atoms with Gasteiger partial charge in [-0.2, -0.15) is 0 Å². The molecular formula is C12H16O2. The fourth-order valence-corrected chi connectivity index (χ4v) is 2.73. The smallest absolute Gasteiger partial charge is 0.128 e. The van der Waals surface area contributed by atoms with E-state index in [1.54, 1.807) is 0 Å². The largest absolute Gasteiger partial charge is 0.492 e. The van der Waals surface area contributed by atoms with Crippen molar-refractivity contribution in [3.63, 3.8) is 0 Å². The molecule has 1 aliphatic heterocycles. The van der Waals surface area contributed by atoms with E-state index >= 15 is 0 Å². The molecule has 0 saturated carbocycles. The molecular weight excluding hydrogens is 176 g/mol. The van der Waals surface area contributed by atoms with Crippen LogP contribution in [0.2, 0.25) is 0 Å². The van der Waals surface area contributed by atoms with Gasteiger partial charge in [-0.05, 0) is 37.2 Å². The molecule has 1 fully saturated rings. The predicted molar refractivity (Wildman–Crippen MR) is 53.8 cm³/mol. The third-order valence-electron chi connectivity index (χ3n) is 3.43. The number of hydrogen-bond donors (Lipinski definition) is 0. The van der Waals surface area contributed by atoms with Crippen LogP contribution in [0.15, 0.2) is 23.5 Å². The van der Waals surface area contributed by atoms with Gasteiger partial charge in [-0.15, -0.1) is 0 Å². The van der Waals surface area contributed by atoms with Crippen molar-refractivity contribution < 1.29 is 9.47 Å². The summed E-state index contributed by atoms with van der Waals surface area (Å²) in [6, 6.07) is 0. The number of allylic oxidation sites excluding steroid dienone is 3. The molecule has 0 spiro atoms. The molecule has 3 rings (SSSR count). The maximum atomic E-state index is 5.75. The lowest BCUT2D eigenvalue weighted by atomic mass is 9.79. The first-order chi connectivity index (χ1) is 6.95. The molecule has 76 valence electrons. The van der Waals surface area contributed by atoms with Crippen molar-refractivity contribution in [3.05, 3.63) is 23.5 Å². The summed E-state index contributed by atoms with van der Waals surface area (Å²) in [5, 5.41) is 0. The third-order valence-corrected chi connectivity index (χ3v) is 3.43. The Morgan fingerprint density at radius 1 is 1.14 bits per heavy atom. The summed E-state index contributed by atoms with van der Waals surface area (Å²) in [4.78, 5) is 0. The fourth-order valence-electron chi connectivity index (χ4n) is 2.73. The van der Waals surface area contributed by atoms with E-state index in [4.69, 9.17) is 9.47 Å². The van der Waals surface area contributed by atoms with Crippen LogP contribution in [0.5, 0.6) is 0 Å². The molecule has 0 N–H and O–H groups in total. The zero-order valence-electron chi connectivity index (χ0n) is 8.37. The molecule has 2 aliphatic carbocycles. The van der Waals surface area contributed by atoms with Crippen LogP contribution < -0.4 is 0 Å². The second-order valence-corrected chi connectivity index (χ2v) is 4.28. The number of fused-ring (bicyclic) bond motifs is 2. The Balaban J connectivity index is 1.98. The van der Waals surface area contributed by atoms with Crippen molar-refractivity contribution in [1.29, 1.82) is 0 Å². The molecule has 0 aromatic heterocycles. The van der Waals surface area contributed by atoms with Gasteiger partial charge in [0, 0.05) is 0 Å². The highest BCUT2D eigenvalue weighted by Crippen LogP contribution is 2.39. The van der Waals surface area contributed by atoms with E-state index in [0.29, 0.717) is 0 Å². The first-order valence-electron chi connectivity index (χ1n) is 5.60. The van der Waals surface area contributed by atoms with Crippen molar-refractivity contribution >= 4 is 0 Å². The minimum atomic E-state index is 0.262. The van der Waals surface area contributed by atoms with Gasteiger partial charge in [-0.3, -0.25) is 0 Å². The maximum Gasteiger partial charge on any atom is 0.128 e. The molecule has 0 amide bonds. The second-order valence-electron chi connectivity index (χ2n) is 4.28. The lowest BCUT2D eigenvalue weighted by molar-refractivity contribution is -0.0550. The molecule has 1 saturated heterocycles. The molecule has 3 aliphatic rings. The van der Waals surface area contributed by atoms with Crippen LogP contribution in [0.4, 0.5) is 0 Å². The Hall–Kier alpha value is -0.760. The Bertz CT molecular complexity index is 291. The Morgan fingerprint density at radius 3 is 3.14 bits per heavy atom. The van der Waals surface area contributed by atoms with E-state index in [9.17, 15) is 0 Å². The van der Waals surface area contributed by atoms with Crippen molar-refractivity contribution in [3.8, 4) is 0 Å². The van der Waals surface area contributed by atoms with Crippen LogP contribution in [0.1, 0.15) is 25.7 Å². The Labute approximate surface area is 84.6 Å². The Morgan fingerprint density at radius 2 is 2.14 bits per heavy atom. The molecule has 0 bridgehead atoms. The van der Waals surface area contributed by atoms with E-state index < -0.39 is 0 Å². The van der Waals surface area contributed by atoms with Gasteiger partial charge in [0.15, 0.2) is 0 Å². The highest BCUT2D eigenvalue weighted by Gasteiger charge is 2.33. The maximum absolute atomic E-state index is 5.75. The summed E-state index contributed by atoms with van der Waals surface area (Å²) < 4.78 is 11.5. The van der Waals surface area contributed by atoms with Gasteiger partial charge in [0.05, 0.1) is 6.61 Å². The first kappa shape index (κ1) is 8.54. The highest BCUT2D eigenvalue weighted by atomic mass is 16.6. The minimum absolute atomic E-state index is 0.262.